The van der Waals surface area contributed by atoms with E-state index in [2.05, 4.69) is 0 Å². The van der Waals surface area contributed by atoms with Crippen molar-refractivity contribution in [2.45, 2.75) is 0 Å². The molecule has 0 amide bonds. The Bertz CT molecular complexity index is 849. The maximum atomic E-state index is 13.5. The minimum atomic E-state index is -0.889. The van der Waals surface area contributed by atoms with Crippen LogP contribution in [0.15, 0.2) is 36.4 Å². The average molecular weight is 335 g/mol. The van der Waals surface area contributed by atoms with E-state index >= 15 is 0 Å². The smallest absolute Gasteiger partial charge is 0.315 e. The van der Waals surface area contributed by atoms with Crippen molar-refractivity contribution in [3.63, 3.8) is 0 Å². The summed E-state index contributed by atoms with van der Waals surface area (Å²) in [4.78, 5) is 22.0. The molecule has 24 heavy (non-hydrogen) atoms. The van der Waals surface area contributed by atoms with Gasteiger partial charge in [-0.3, -0.25) is 14.9 Å². The minimum absolute atomic E-state index is 0.159. The lowest BCUT2D eigenvalue weighted by Crippen LogP contribution is -1.99. The van der Waals surface area contributed by atoms with Crippen LogP contribution in [0, 0.1) is 21.7 Å². The van der Waals surface area contributed by atoms with Crippen molar-refractivity contribution >= 4 is 17.5 Å². The Labute approximate surface area is 134 Å². The number of hydrogen-bond acceptors (Lipinski definition) is 5. The molecule has 124 valence electrons. The number of benzene rings is 2. The van der Waals surface area contributed by atoms with Crippen molar-refractivity contribution < 1.29 is 28.3 Å². The molecule has 0 atom stereocenters. The van der Waals surface area contributed by atoms with Gasteiger partial charge in [0.2, 0.25) is 5.75 Å². The van der Waals surface area contributed by atoms with Gasteiger partial charge in [0.25, 0.3) is 0 Å². The molecule has 1 N–H and O–H groups in total. The Balaban J connectivity index is 2.38. The van der Waals surface area contributed by atoms with E-state index in [-0.39, 0.29) is 11.3 Å². The van der Waals surface area contributed by atoms with Crippen LogP contribution >= 0.6 is 0 Å². The lowest BCUT2D eigenvalue weighted by atomic mass is 10.1. The van der Waals surface area contributed by atoms with Gasteiger partial charge in [-0.2, -0.15) is 0 Å². The second-order valence-electron chi connectivity index (χ2n) is 4.67. The number of nitrogens with zero attached hydrogens (tertiary/aromatic N) is 1. The summed E-state index contributed by atoms with van der Waals surface area (Å²) in [6.45, 7) is 0. The Morgan fingerprint density at radius 2 is 2.00 bits per heavy atom. The van der Waals surface area contributed by atoms with Gasteiger partial charge >= 0.3 is 5.69 Å². The standard InChI is InChI=1S/C16H11F2NO5/c1-24-15-7-9(6-13(16(15)21)19(22)23)2-5-14(20)11-8-10(17)3-4-12(11)18/h2-8,21H,1H3/b5-2+. The number of phenolic OH excluding ortho intramolecular Hbond substituents is 1. The lowest BCUT2D eigenvalue weighted by Gasteiger charge is -2.05. The molecular weight excluding hydrogens is 324 g/mol. The molecule has 6 nitrogen and oxygen atoms in total. The molecule has 2 aromatic rings. The number of aromatic hydroxyl groups is 1. The monoisotopic (exact) mass is 335 g/mol. The van der Waals surface area contributed by atoms with Crippen LogP contribution in [0.25, 0.3) is 6.08 Å². The van der Waals surface area contributed by atoms with Gasteiger partial charge in [-0.05, 0) is 35.9 Å². The average Bonchev–Trinajstić information content (AvgIpc) is 2.55. The normalized spacial score (nSPS) is 10.8. The van der Waals surface area contributed by atoms with Crippen LogP contribution in [0.1, 0.15) is 15.9 Å². The van der Waals surface area contributed by atoms with Crippen molar-refractivity contribution in [3.05, 3.63) is 69.3 Å². The number of halogens is 2. The molecule has 0 saturated heterocycles. The Morgan fingerprint density at radius 1 is 1.29 bits per heavy atom. The largest absolute Gasteiger partial charge is 0.500 e. The number of ketones is 1. The van der Waals surface area contributed by atoms with Gasteiger partial charge in [0.05, 0.1) is 17.6 Å². The molecule has 0 radical (unpaired) electrons. The second kappa shape index (κ2) is 6.86. The number of carbonyl (C=O) groups excluding carboxylic acids is 1. The van der Waals surface area contributed by atoms with Gasteiger partial charge in [0.15, 0.2) is 11.5 Å². The first-order chi connectivity index (χ1) is 11.3. The fourth-order valence-corrected chi connectivity index (χ4v) is 1.95. The van der Waals surface area contributed by atoms with Crippen molar-refractivity contribution in [1.82, 2.24) is 0 Å². The molecule has 0 aliphatic heterocycles. The maximum absolute atomic E-state index is 13.5. The van der Waals surface area contributed by atoms with Crippen LogP contribution in [0.5, 0.6) is 11.5 Å². The third-order valence-corrected chi connectivity index (χ3v) is 3.11. The first kappa shape index (κ1) is 17.1. The molecule has 0 unspecified atom stereocenters. The molecule has 2 rings (SSSR count). The molecule has 0 spiro atoms. The molecule has 2 aromatic carbocycles. The Hall–Kier alpha value is -3.29. The van der Waals surface area contributed by atoms with Crippen LogP contribution < -0.4 is 4.74 Å². The Kier molecular flexibility index (Phi) is 4.88. The van der Waals surface area contributed by atoms with Crippen LogP contribution in [0.3, 0.4) is 0 Å². The summed E-state index contributed by atoms with van der Waals surface area (Å²) < 4.78 is 31.4. The molecule has 0 saturated carbocycles. The summed E-state index contributed by atoms with van der Waals surface area (Å²) in [7, 11) is 1.21. The SMILES string of the molecule is COc1cc(/C=C/C(=O)c2cc(F)ccc2F)cc([N+](=O)[O-])c1O. The lowest BCUT2D eigenvalue weighted by molar-refractivity contribution is -0.386. The van der Waals surface area contributed by atoms with E-state index in [1.807, 2.05) is 0 Å². The summed E-state index contributed by atoms with van der Waals surface area (Å²) in [5, 5.41) is 20.5. The topological polar surface area (TPSA) is 89.7 Å². The highest BCUT2D eigenvalue weighted by molar-refractivity contribution is 6.07. The number of phenols is 1. The van der Waals surface area contributed by atoms with Gasteiger partial charge < -0.3 is 9.84 Å². The first-order valence-electron chi connectivity index (χ1n) is 6.56. The number of rotatable bonds is 5. The van der Waals surface area contributed by atoms with E-state index in [0.717, 1.165) is 30.3 Å². The highest BCUT2D eigenvalue weighted by atomic mass is 19.1. The van der Waals surface area contributed by atoms with Gasteiger partial charge in [-0.25, -0.2) is 8.78 Å². The van der Waals surface area contributed by atoms with E-state index in [1.165, 1.54) is 19.3 Å². The van der Waals surface area contributed by atoms with Crippen LogP contribution in [-0.2, 0) is 0 Å². The summed E-state index contributed by atoms with van der Waals surface area (Å²) in [6, 6.07) is 4.73. The number of ether oxygens (including phenoxy) is 1. The number of nitro groups is 1. The quantitative estimate of drug-likeness (QED) is 0.391. The number of hydrogen-bond donors (Lipinski definition) is 1. The van der Waals surface area contributed by atoms with Crippen molar-refractivity contribution in [2.24, 2.45) is 0 Å². The Morgan fingerprint density at radius 3 is 2.62 bits per heavy atom. The van der Waals surface area contributed by atoms with E-state index < -0.39 is 39.3 Å². The first-order valence-corrected chi connectivity index (χ1v) is 6.56. The molecule has 0 fully saturated rings. The third kappa shape index (κ3) is 3.54. The summed E-state index contributed by atoms with van der Waals surface area (Å²) in [6.07, 6.45) is 2.11. The third-order valence-electron chi connectivity index (χ3n) is 3.11. The zero-order chi connectivity index (χ0) is 17.9. The van der Waals surface area contributed by atoms with Gasteiger partial charge in [0.1, 0.15) is 11.6 Å². The van der Waals surface area contributed by atoms with Gasteiger partial charge in [-0.15, -0.1) is 0 Å². The zero-order valence-corrected chi connectivity index (χ0v) is 12.3. The predicted octanol–water partition coefficient (Wildman–Crippen LogP) is 3.48. The van der Waals surface area contributed by atoms with Crippen molar-refractivity contribution in [1.29, 1.82) is 0 Å². The second-order valence-corrected chi connectivity index (χ2v) is 4.67. The van der Waals surface area contributed by atoms with Crippen molar-refractivity contribution in [2.75, 3.05) is 7.11 Å². The molecule has 0 aliphatic carbocycles. The van der Waals surface area contributed by atoms with Crippen LogP contribution in [-0.4, -0.2) is 22.9 Å². The molecule has 0 bridgehead atoms. The predicted molar refractivity (Wildman–Crippen MR) is 81.0 cm³/mol. The highest BCUT2D eigenvalue weighted by Crippen LogP contribution is 2.37. The maximum Gasteiger partial charge on any atom is 0.315 e. The fourth-order valence-electron chi connectivity index (χ4n) is 1.95. The van der Waals surface area contributed by atoms with E-state index in [0.29, 0.717) is 0 Å². The zero-order valence-electron chi connectivity index (χ0n) is 12.3. The number of allylic oxidation sites excluding steroid dienone is 1. The van der Waals surface area contributed by atoms with Crippen LogP contribution in [0.2, 0.25) is 0 Å². The molecule has 0 aromatic heterocycles. The van der Waals surface area contributed by atoms with E-state index in [1.54, 1.807) is 0 Å². The summed E-state index contributed by atoms with van der Waals surface area (Å²) in [5.74, 6) is -3.28. The summed E-state index contributed by atoms with van der Waals surface area (Å²) in [5.41, 5.74) is -0.911. The molecule has 0 aliphatic rings. The fraction of sp³-hybridized carbons (Fsp3) is 0.0625. The van der Waals surface area contributed by atoms with Gasteiger partial charge in [0, 0.05) is 6.07 Å². The van der Waals surface area contributed by atoms with E-state index in [4.69, 9.17) is 4.74 Å². The van der Waals surface area contributed by atoms with E-state index in [9.17, 15) is 28.8 Å². The minimum Gasteiger partial charge on any atom is -0.500 e. The number of nitro benzene ring substituents is 1. The molecule has 8 heteroatoms. The van der Waals surface area contributed by atoms with Gasteiger partial charge in [-0.1, -0.05) is 6.08 Å². The molecular formula is C16H11F2NO5. The highest BCUT2D eigenvalue weighted by Gasteiger charge is 2.19. The van der Waals surface area contributed by atoms with Crippen molar-refractivity contribution in [3.8, 4) is 11.5 Å². The summed E-state index contributed by atoms with van der Waals surface area (Å²) >= 11 is 0. The van der Waals surface area contributed by atoms with Crippen LogP contribution in [0.4, 0.5) is 14.5 Å². The number of methoxy groups -OCH3 is 1. The molecule has 0 heterocycles. The number of carbonyl (C=O) groups is 1.